The van der Waals surface area contributed by atoms with Gasteiger partial charge in [0.25, 0.3) is 0 Å². The molecule has 1 aromatic heterocycles. The summed E-state index contributed by atoms with van der Waals surface area (Å²) in [6.45, 7) is 2.54. The van der Waals surface area contributed by atoms with Crippen LogP contribution in [0.5, 0.6) is 5.88 Å². The average molecular weight is 256 g/mol. The average Bonchev–Trinajstić information content (AvgIpc) is 2.33. The molecule has 1 saturated carbocycles. The summed E-state index contributed by atoms with van der Waals surface area (Å²) in [7, 11) is 0. The number of nitrogens with one attached hydrogen (secondary N) is 1. The van der Waals surface area contributed by atoms with E-state index in [1.54, 1.807) is 12.4 Å². The summed E-state index contributed by atoms with van der Waals surface area (Å²) in [6.07, 6.45) is 7.68. The van der Waals surface area contributed by atoms with Crippen molar-refractivity contribution in [3.8, 4) is 5.88 Å². The molecule has 0 saturated heterocycles. The molecule has 0 spiro atoms. The third-order valence-electron chi connectivity index (χ3n) is 2.91. The number of halogens is 1. The minimum absolute atomic E-state index is 0.342. The van der Waals surface area contributed by atoms with Crippen LogP contribution in [0.4, 0.5) is 5.82 Å². The van der Waals surface area contributed by atoms with Crippen LogP contribution in [0.25, 0.3) is 0 Å². The van der Waals surface area contributed by atoms with Crippen LogP contribution in [0.1, 0.15) is 32.6 Å². The van der Waals surface area contributed by atoms with Gasteiger partial charge in [-0.15, -0.1) is 11.6 Å². The maximum absolute atomic E-state index is 6.08. The van der Waals surface area contributed by atoms with Gasteiger partial charge >= 0.3 is 0 Å². The van der Waals surface area contributed by atoms with Gasteiger partial charge in [0.15, 0.2) is 0 Å². The van der Waals surface area contributed by atoms with E-state index >= 15 is 0 Å². The molecule has 1 fully saturated rings. The van der Waals surface area contributed by atoms with E-state index in [4.69, 9.17) is 16.3 Å². The second-order valence-electron chi connectivity index (χ2n) is 4.27. The number of hydrogen-bond acceptors (Lipinski definition) is 4. The fourth-order valence-electron chi connectivity index (χ4n) is 2.04. The van der Waals surface area contributed by atoms with Crippen molar-refractivity contribution in [3.05, 3.63) is 12.4 Å². The molecule has 0 aliphatic heterocycles. The largest absolute Gasteiger partial charge is 0.477 e. The molecule has 94 valence electrons. The molecule has 0 amide bonds. The van der Waals surface area contributed by atoms with Crippen molar-refractivity contribution in [2.45, 2.75) is 44.0 Å². The maximum Gasteiger partial charge on any atom is 0.234 e. The van der Waals surface area contributed by atoms with Crippen molar-refractivity contribution >= 4 is 17.4 Å². The second kappa shape index (κ2) is 6.05. The molecule has 0 bridgehead atoms. The van der Waals surface area contributed by atoms with Crippen LogP contribution in [0, 0.1) is 0 Å². The van der Waals surface area contributed by atoms with Gasteiger partial charge in [-0.05, 0) is 32.6 Å². The van der Waals surface area contributed by atoms with Gasteiger partial charge in [0.1, 0.15) is 5.82 Å². The molecule has 4 nitrogen and oxygen atoms in total. The molecule has 0 atom stereocenters. The summed E-state index contributed by atoms with van der Waals surface area (Å²) in [5, 5.41) is 3.73. The van der Waals surface area contributed by atoms with Crippen molar-refractivity contribution < 1.29 is 4.74 Å². The molecule has 1 aliphatic carbocycles. The van der Waals surface area contributed by atoms with Gasteiger partial charge < -0.3 is 10.1 Å². The Morgan fingerprint density at radius 1 is 1.35 bits per heavy atom. The van der Waals surface area contributed by atoms with Gasteiger partial charge in [-0.1, -0.05) is 0 Å². The van der Waals surface area contributed by atoms with Crippen LogP contribution in [0.2, 0.25) is 0 Å². The molecule has 1 aromatic rings. The van der Waals surface area contributed by atoms with Crippen LogP contribution in [-0.4, -0.2) is 28.0 Å². The van der Waals surface area contributed by atoms with Gasteiger partial charge in [-0.2, -0.15) is 4.98 Å². The summed E-state index contributed by atoms with van der Waals surface area (Å²) >= 11 is 6.08. The predicted molar refractivity (Wildman–Crippen MR) is 68.7 cm³/mol. The number of ether oxygens (including phenoxy) is 1. The van der Waals surface area contributed by atoms with Crippen molar-refractivity contribution in [3.63, 3.8) is 0 Å². The first-order chi connectivity index (χ1) is 8.28. The van der Waals surface area contributed by atoms with E-state index in [-0.39, 0.29) is 0 Å². The van der Waals surface area contributed by atoms with Gasteiger partial charge in [0, 0.05) is 11.4 Å². The first-order valence-electron chi connectivity index (χ1n) is 6.13. The number of anilines is 1. The molecule has 0 unspecified atom stereocenters. The third-order valence-corrected chi connectivity index (χ3v) is 3.35. The Morgan fingerprint density at radius 3 is 2.82 bits per heavy atom. The second-order valence-corrected chi connectivity index (χ2v) is 4.89. The number of nitrogens with zero attached hydrogens (tertiary/aromatic N) is 2. The van der Waals surface area contributed by atoms with Crippen molar-refractivity contribution in [2.24, 2.45) is 0 Å². The number of aromatic nitrogens is 2. The smallest absolute Gasteiger partial charge is 0.234 e. The SMILES string of the molecule is CCOc1cncc(NC2CCC(Cl)CC2)n1. The van der Waals surface area contributed by atoms with Crippen LogP contribution < -0.4 is 10.1 Å². The quantitative estimate of drug-likeness (QED) is 0.841. The topological polar surface area (TPSA) is 47.0 Å². The first-order valence-corrected chi connectivity index (χ1v) is 6.57. The normalized spacial score (nSPS) is 24.4. The van der Waals surface area contributed by atoms with E-state index in [0.717, 1.165) is 31.5 Å². The highest BCUT2D eigenvalue weighted by molar-refractivity contribution is 6.20. The first kappa shape index (κ1) is 12.4. The van der Waals surface area contributed by atoms with E-state index in [1.165, 1.54) is 0 Å². The predicted octanol–water partition coefficient (Wildman–Crippen LogP) is 2.84. The molecule has 5 heteroatoms. The summed E-state index contributed by atoms with van der Waals surface area (Å²) < 4.78 is 5.32. The number of rotatable bonds is 4. The van der Waals surface area contributed by atoms with E-state index in [9.17, 15) is 0 Å². The Labute approximate surface area is 107 Å². The summed E-state index contributed by atoms with van der Waals surface area (Å²) in [5.74, 6) is 1.36. The molecule has 1 heterocycles. The Hall–Kier alpha value is -1.03. The van der Waals surface area contributed by atoms with Crippen LogP contribution in [0.15, 0.2) is 12.4 Å². The maximum atomic E-state index is 6.08. The van der Waals surface area contributed by atoms with Crippen molar-refractivity contribution in [1.29, 1.82) is 0 Å². The fraction of sp³-hybridized carbons (Fsp3) is 0.667. The van der Waals surface area contributed by atoms with E-state index < -0.39 is 0 Å². The van der Waals surface area contributed by atoms with Crippen LogP contribution >= 0.6 is 11.6 Å². The Kier molecular flexibility index (Phi) is 4.42. The van der Waals surface area contributed by atoms with Crippen LogP contribution in [-0.2, 0) is 0 Å². The highest BCUT2D eigenvalue weighted by atomic mass is 35.5. The minimum atomic E-state index is 0.342. The summed E-state index contributed by atoms with van der Waals surface area (Å²) in [5.41, 5.74) is 0. The zero-order valence-electron chi connectivity index (χ0n) is 10.0. The lowest BCUT2D eigenvalue weighted by atomic mass is 9.95. The minimum Gasteiger partial charge on any atom is -0.477 e. The number of hydrogen-bond donors (Lipinski definition) is 1. The number of alkyl halides is 1. The highest BCUT2D eigenvalue weighted by Gasteiger charge is 2.19. The molecule has 2 rings (SSSR count). The Bertz CT molecular complexity index is 353. The molecule has 0 aromatic carbocycles. The zero-order chi connectivity index (χ0) is 12.1. The third kappa shape index (κ3) is 3.73. The lowest BCUT2D eigenvalue weighted by Gasteiger charge is -2.26. The van der Waals surface area contributed by atoms with Gasteiger partial charge in [0.05, 0.1) is 19.0 Å². The fourth-order valence-corrected chi connectivity index (χ4v) is 2.29. The zero-order valence-corrected chi connectivity index (χ0v) is 10.8. The molecule has 0 radical (unpaired) electrons. The molecule has 1 aliphatic rings. The van der Waals surface area contributed by atoms with E-state index in [2.05, 4.69) is 15.3 Å². The van der Waals surface area contributed by atoms with Crippen molar-refractivity contribution in [1.82, 2.24) is 9.97 Å². The lowest BCUT2D eigenvalue weighted by molar-refractivity contribution is 0.325. The summed E-state index contributed by atoms with van der Waals surface area (Å²) in [6, 6.07) is 0.455. The molecule has 17 heavy (non-hydrogen) atoms. The van der Waals surface area contributed by atoms with Crippen molar-refractivity contribution in [2.75, 3.05) is 11.9 Å². The molecule has 1 N–H and O–H groups in total. The van der Waals surface area contributed by atoms with E-state index in [1.807, 2.05) is 6.92 Å². The lowest BCUT2D eigenvalue weighted by Crippen LogP contribution is -2.26. The summed E-state index contributed by atoms with van der Waals surface area (Å²) in [4.78, 5) is 8.45. The van der Waals surface area contributed by atoms with Gasteiger partial charge in [-0.25, -0.2) is 0 Å². The van der Waals surface area contributed by atoms with Gasteiger partial charge in [0.2, 0.25) is 5.88 Å². The van der Waals surface area contributed by atoms with Gasteiger partial charge in [-0.3, -0.25) is 4.98 Å². The van der Waals surface area contributed by atoms with Crippen LogP contribution in [0.3, 0.4) is 0 Å². The molecular weight excluding hydrogens is 238 g/mol. The molecular formula is C12H18ClN3O. The monoisotopic (exact) mass is 255 g/mol. The van der Waals surface area contributed by atoms with E-state index in [0.29, 0.717) is 23.9 Å². The highest BCUT2D eigenvalue weighted by Crippen LogP contribution is 2.25. The Balaban J connectivity index is 1.91. The Morgan fingerprint density at radius 2 is 2.12 bits per heavy atom. The standard InChI is InChI=1S/C12H18ClN3O/c1-2-17-12-8-14-7-11(16-12)15-10-5-3-9(13)4-6-10/h7-10H,2-6H2,1H3,(H,15,16).